The first-order chi connectivity index (χ1) is 10.4. The molecule has 1 N–H and O–H groups in total. The van der Waals surface area contributed by atoms with E-state index in [0.717, 1.165) is 34.5 Å². The summed E-state index contributed by atoms with van der Waals surface area (Å²) in [6.45, 7) is 0. The Kier molecular flexibility index (Phi) is 3.58. The summed E-state index contributed by atoms with van der Waals surface area (Å²) in [4.78, 5) is 0. The highest BCUT2D eigenvalue weighted by atomic mass is 19.4. The number of hydrogen-bond acceptors (Lipinski definition) is 2. The van der Waals surface area contributed by atoms with Crippen LogP contribution in [0.1, 0.15) is 36.8 Å². The third-order valence-electron chi connectivity index (χ3n) is 4.31. The van der Waals surface area contributed by atoms with Gasteiger partial charge in [0.2, 0.25) is 6.04 Å². The summed E-state index contributed by atoms with van der Waals surface area (Å²) in [6.07, 6.45) is -0.101. The number of nitrogens with zero attached hydrogens (tertiary/aromatic N) is 2. The van der Waals surface area contributed by atoms with Crippen molar-refractivity contribution in [1.82, 2.24) is 0 Å². The van der Waals surface area contributed by atoms with Gasteiger partial charge in [-0.25, -0.2) is 0 Å². The Balaban J connectivity index is 2.04. The molecule has 1 aliphatic carbocycles. The Labute approximate surface area is 125 Å². The van der Waals surface area contributed by atoms with E-state index in [1.807, 2.05) is 0 Å². The molecule has 118 valence electrons. The number of hydroxylamine groups is 2. The molecule has 1 saturated carbocycles. The second-order valence-corrected chi connectivity index (χ2v) is 5.72. The standard InChI is InChI=1S/C15H16F3N2O2/c16-15(17,18)11-5-3-4-10(8-11)14-9-19(21)12-6-1-2-7-13(12)20(14)22/h3-5,8-9,12-13,21H,1-2,6-7H2/q+1/t12-,13-/m1/s1. The van der Waals surface area contributed by atoms with Crippen LogP contribution in [0.25, 0.3) is 0 Å². The first kappa shape index (κ1) is 14.9. The fourth-order valence-electron chi connectivity index (χ4n) is 3.19. The Bertz CT molecular complexity index is 652. The lowest BCUT2D eigenvalue weighted by atomic mass is 9.89. The minimum atomic E-state index is -4.47. The minimum Gasteiger partial charge on any atom is -0.623 e. The number of halogens is 3. The van der Waals surface area contributed by atoms with E-state index in [-0.39, 0.29) is 17.3 Å². The average Bonchev–Trinajstić information content (AvgIpc) is 2.50. The van der Waals surface area contributed by atoms with Crippen molar-refractivity contribution in [3.05, 3.63) is 40.6 Å². The second-order valence-electron chi connectivity index (χ2n) is 5.72. The van der Waals surface area contributed by atoms with Gasteiger partial charge >= 0.3 is 6.18 Å². The first-order valence-corrected chi connectivity index (χ1v) is 7.21. The molecule has 0 radical (unpaired) electrons. The van der Waals surface area contributed by atoms with Crippen LogP contribution in [0, 0.1) is 5.21 Å². The molecular weight excluding hydrogens is 297 g/mol. The van der Waals surface area contributed by atoms with Gasteiger partial charge in [0.25, 0.3) is 18.0 Å². The fourth-order valence-corrected chi connectivity index (χ4v) is 3.19. The minimum absolute atomic E-state index is 0.0664. The fraction of sp³-hybridized carbons (Fsp3) is 0.467. The smallest absolute Gasteiger partial charge is 0.416 e. The van der Waals surface area contributed by atoms with Crippen LogP contribution in [0.15, 0.2) is 24.3 Å². The normalized spacial score (nSPS) is 25.7. The summed E-state index contributed by atoms with van der Waals surface area (Å²) >= 11 is 0. The van der Waals surface area contributed by atoms with Crippen LogP contribution in [0.3, 0.4) is 0 Å². The van der Waals surface area contributed by atoms with E-state index in [2.05, 4.69) is 0 Å². The van der Waals surface area contributed by atoms with Gasteiger partial charge in [0.05, 0.1) is 11.1 Å². The van der Waals surface area contributed by atoms with Crippen LogP contribution in [0.2, 0.25) is 0 Å². The molecule has 1 aromatic rings. The lowest BCUT2D eigenvalue weighted by Crippen LogP contribution is -2.51. The Morgan fingerprint density at radius 1 is 1.14 bits per heavy atom. The molecule has 0 amide bonds. The third-order valence-corrected chi connectivity index (χ3v) is 4.31. The van der Waals surface area contributed by atoms with Crippen molar-refractivity contribution in [2.24, 2.45) is 0 Å². The molecule has 0 bridgehead atoms. The molecule has 7 heteroatoms. The molecular formula is C15H16F3N2O2+. The summed E-state index contributed by atoms with van der Waals surface area (Å²) in [5.74, 6) is 0. The second kappa shape index (κ2) is 5.30. The van der Waals surface area contributed by atoms with Gasteiger partial charge in [0, 0.05) is 12.8 Å². The highest BCUT2D eigenvalue weighted by molar-refractivity contribution is 6.34. The summed E-state index contributed by atoms with van der Waals surface area (Å²) in [6, 6.07) is 3.90. The molecule has 1 fully saturated rings. The van der Waals surface area contributed by atoms with Crippen LogP contribution in [-0.2, 0) is 6.18 Å². The molecule has 1 heterocycles. The maximum atomic E-state index is 12.8. The largest absolute Gasteiger partial charge is 0.623 e. The van der Waals surface area contributed by atoms with Crippen LogP contribution >= 0.6 is 0 Å². The zero-order chi connectivity index (χ0) is 15.9. The predicted molar refractivity (Wildman–Crippen MR) is 73.3 cm³/mol. The Morgan fingerprint density at radius 3 is 2.50 bits per heavy atom. The van der Waals surface area contributed by atoms with Crippen molar-refractivity contribution in [2.75, 3.05) is 0 Å². The first-order valence-electron chi connectivity index (χ1n) is 7.21. The lowest BCUT2D eigenvalue weighted by molar-refractivity contribution is -0.819. The van der Waals surface area contributed by atoms with Crippen molar-refractivity contribution < 1.29 is 27.9 Å². The van der Waals surface area contributed by atoms with E-state index in [1.54, 1.807) is 0 Å². The number of rotatable bonds is 1. The number of fused-ring (bicyclic) bond motifs is 1. The maximum absolute atomic E-state index is 12.8. The summed E-state index contributed by atoms with van der Waals surface area (Å²) in [5, 5.41) is 22.5. The summed E-state index contributed by atoms with van der Waals surface area (Å²) < 4.78 is 40.2. The summed E-state index contributed by atoms with van der Waals surface area (Å²) in [7, 11) is 0. The zero-order valence-corrected chi connectivity index (χ0v) is 11.8. The quantitative estimate of drug-likeness (QED) is 0.492. The number of benzene rings is 1. The van der Waals surface area contributed by atoms with Crippen molar-refractivity contribution in [3.8, 4) is 0 Å². The molecule has 2 aliphatic rings. The molecule has 4 nitrogen and oxygen atoms in total. The Hall–Kier alpha value is -2.05. The van der Waals surface area contributed by atoms with Gasteiger partial charge in [-0.3, -0.25) is 5.21 Å². The van der Waals surface area contributed by atoms with E-state index in [0.29, 0.717) is 12.8 Å². The van der Waals surface area contributed by atoms with Crippen LogP contribution < -0.4 is 0 Å². The molecule has 0 spiro atoms. The monoisotopic (exact) mass is 313 g/mol. The zero-order valence-electron chi connectivity index (χ0n) is 11.8. The SMILES string of the molecule is [O-][N+]1=C(c2cccc(C(F)(F)F)c2)C=[N+](O)[C@@H]2CCCC[C@H]21. The third kappa shape index (κ3) is 2.55. The predicted octanol–water partition coefficient (Wildman–Crippen LogP) is 2.80. The molecule has 1 aromatic carbocycles. The molecule has 0 unspecified atom stereocenters. The lowest BCUT2D eigenvalue weighted by Gasteiger charge is -2.28. The van der Waals surface area contributed by atoms with E-state index in [9.17, 15) is 23.6 Å². The van der Waals surface area contributed by atoms with E-state index in [4.69, 9.17) is 0 Å². The molecule has 3 rings (SSSR count). The van der Waals surface area contributed by atoms with E-state index >= 15 is 0 Å². The highest BCUT2D eigenvalue weighted by Crippen LogP contribution is 2.30. The number of hydrogen-bond donors (Lipinski definition) is 1. The van der Waals surface area contributed by atoms with Crippen LogP contribution in [0.5, 0.6) is 0 Å². The van der Waals surface area contributed by atoms with Gasteiger partial charge in [0.15, 0.2) is 0 Å². The van der Waals surface area contributed by atoms with E-state index < -0.39 is 17.8 Å². The molecule has 0 aromatic heterocycles. The van der Waals surface area contributed by atoms with Gasteiger partial charge in [-0.15, -0.1) is 0 Å². The maximum Gasteiger partial charge on any atom is 0.416 e. The summed E-state index contributed by atoms with van der Waals surface area (Å²) in [5.41, 5.74) is -0.584. The highest BCUT2D eigenvalue weighted by Gasteiger charge is 2.45. The van der Waals surface area contributed by atoms with Gasteiger partial charge in [-0.2, -0.15) is 17.9 Å². The van der Waals surface area contributed by atoms with Crippen molar-refractivity contribution >= 4 is 11.9 Å². The molecule has 2 atom stereocenters. The van der Waals surface area contributed by atoms with Gasteiger partial charge in [-0.05, 0) is 35.8 Å². The van der Waals surface area contributed by atoms with E-state index in [1.165, 1.54) is 18.3 Å². The van der Waals surface area contributed by atoms with Crippen LogP contribution in [-0.4, -0.2) is 38.7 Å². The average molecular weight is 313 g/mol. The molecule has 1 aliphatic heterocycles. The Morgan fingerprint density at radius 2 is 1.82 bits per heavy atom. The number of alkyl halides is 3. The van der Waals surface area contributed by atoms with Gasteiger partial charge in [0.1, 0.15) is 0 Å². The van der Waals surface area contributed by atoms with Gasteiger partial charge in [-0.1, -0.05) is 6.07 Å². The molecule has 0 saturated heterocycles. The van der Waals surface area contributed by atoms with Crippen LogP contribution in [0.4, 0.5) is 13.2 Å². The molecule has 22 heavy (non-hydrogen) atoms. The van der Waals surface area contributed by atoms with Gasteiger partial charge < -0.3 is 5.21 Å². The van der Waals surface area contributed by atoms with Crippen molar-refractivity contribution in [3.63, 3.8) is 0 Å². The van der Waals surface area contributed by atoms with Crippen molar-refractivity contribution in [2.45, 2.75) is 43.9 Å². The topological polar surface area (TPSA) is 49.3 Å². The van der Waals surface area contributed by atoms with Crippen molar-refractivity contribution in [1.29, 1.82) is 0 Å².